The maximum absolute atomic E-state index is 14.6. The SMILES string of the molecule is C[C@@H](Nc1ccnc2cnc(-c3ccn(C)c(=O)c3)cc12)c1cccc(C(F)F)c1F. The third-order valence-corrected chi connectivity index (χ3v) is 5.16. The van der Waals surface area contributed by atoms with E-state index in [1.54, 1.807) is 50.8 Å². The molecule has 0 saturated carbocycles. The molecule has 3 aromatic heterocycles. The Balaban J connectivity index is 1.73. The van der Waals surface area contributed by atoms with Crippen molar-refractivity contribution in [1.29, 1.82) is 0 Å². The lowest BCUT2D eigenvalue weighted by Gasteiger charge is -2.19. The largest absolute Gasteiger partial charge is 0.378 e. The number of aryl methyl sites for hydroxylation is 1. The van der Waals surface area contributed by atoms with Gasteiger partial charge in [0, 0.05) is 47.7 Å². The molecule has 0 bridgehead atoms. The molecule has 1 aromatic carbocycles. The molecule has 1 N–H and O–H groups in total. The molecule has 0 fully saturated rings. The average molecular weight is 424 g/mol. The lowest BCUT2D eigenvalue weighted by atomic mass is 10.0. The minimum Gasteiger partial charge on any atom is -0.378 e. The Labute approximate surface area is 176 Å². The monoisotopic (exact) mass is 424 g/mol. The van der Waals surface area contributed by atoms with Gasteiger partial charge in [-0.2, -0.15) is 0 Å². The van der Waals surface area contributed by atoms with Crippen LogP contribution in [-0.2, 0) is 7.05 Å². The van der Waals surface area contributed by atoms with Crippen LogP contribution in [0.2, 0.25) is 0 Å². The van der Waals surface area contributed by atoms with E-state index in [0.717, 1.165) is 6.07 Å². The van der Waals surface area contributed by atoms with Gasteiger partial charge in [0.1, 0.15) is 5.82 Å². The number of benzene rings is 1. The summed E-state index contributed by atoms with van der Waals surface area (Å²) in [5, 5.41) is 3.90. The second-order valence-corrected chi connectivity index (χ2v) is 7.23. The van der Waals surface area contributed by atoms with E-state index in [-0.39, 0.29) is 11.1 Å². The summed E-state index contributed by atoms with van der Waals surface area (Å²) in [6.07, 6.45) is 1.95. The molecule has 5 nitrogen and oxygen atoms in total. The second-order valence-electron chi connectivity index (χ2n) is 7.23. The molecular weight excluding hydrogens is 405 g/mol. The van der Waals surface area contributed by atoms with Gasteiger partial charge in [-0.05, 0) is 25.1 Å². The summed E-state index contributed by atoms with van der Waals surface area (Å²) in [7, 11) is 1.66. The van der Waals surface area contributed by atoms with Crippen molar-refractivity contribution >= 4 is 16.6 Å². The molecule has 4 rings (SSSR count). The van der Waals surface area contributed by atoms with Crippen molar-refractivity contribution in [1.82, 2.24) is 14.5 Å². The van der Waals surface area contributed by atoms with E-state index < -0.39 is 23.8 Å². The van der Waals surface area contributed by atoms with Crippen molar-refractivity contribution in [2.75, 3.05) is 5.32 Å². The Morgan fingerprint density at radius 3 is 2.58 bits per heavy atom. The van der Waals surface area contributed by atoms with Crippen molar-refractivity contribution < 1.29 is 13.2 Å². The van der Waals surface area contributed by atoms with Crippen LogP contribution in [0.4, 0.5) is 18.9 Å². The molecule has 0 aliphatic rings. The summed E-state index contributed by atoms with van der Waals surface area (Å²) in [6, 6.07) is 10.2. The molecule has 4 aromatic rings. The normalized spacial score (nSPS) is 12.3. The van der Waals surface area contributed by atoms with E-state index in [2.05, 4.69) is 15.3 Å². The van der Waals surface area contributed by atoms with Gasteiger partial charge in [-0.3, -0.25) is 14.8 Å². The van der Waals surface area contributed by atoms with Gasteiger partial charge < -0.3 is 9.88 Å². The topological polar surface area (TPSA) is 59.8 Å². The minimum atomic E-state index is -2.89. The van der Waals surface area contributed by atoms with Crippen LogP contribution >= 0.6 is 0 Å². The van der Waals surface area contributed by atoms with E-state index in [9.17, 15) is 18.0 Å². The zero-order valence-corrected chi connectivity index (χ0v) is 16.8. The number of aromatic nitrogens is 3. The van der Waals surface area contributed by atoms with Crippen LogP contribution < -0.4 is 10.9 Å². The van der Waals surface area contributed by atoms with Crippen LogP contribution in [0.1, 0.15) is 30.5 Å². The highest BCUT2D eigenvalue weighted by molar-refractivity contribution is 5.93. The molecule has 31 heavy (non-hydrogen) atoms. The van der Waals surface area contributed by atoms with Gasteiger partial charge in [0.2, 0.25) is 0 Å². The average Bonchev–Trinajstić information content (AvgIpc) is 2.75. The second kappa shape index (κ2) is 8.22. The zero-order valence-electron chi connectivity index (χ0n) is 16.8. The van der Waals surface area contributed by atoms with Crippen LogP contribution in [0.3, 0.4) is 0 Å². The molecular formula is C23H19F3N4O. The standard InChI is InChI=1S/C23H19F3N4O/c1-13(15-4-3-5-16(22(15)24)23(25)26)29-18-6-8-27-20-12-28-19(11-17(18)20)14-7-9-30(2)21(31)10-14/h3-13,23H,1-2H3,(H,27,29)/t13-/m1/s1. The maximum Gasteiger partial charge on any atom is 0.266 e. The molecule has 0 radical (unpaired) electrons. The summed E-state index contributed by atoms with van der Waals surface area (Å²) in [4.78, 5) is 20.7. The molecule has 3 heterocycles. The van der Waals surface area contributed by atoms with E-state index in [0.29, 0.717) is 27.8 Å². The molecule has 0 unspecified atom stereocenters. The maximum atomic E-state index is 14.6. The molecule has 8 heteroatoms. The highest BCUT2D eigenvalue weighted by Crippen LogP contribution is 2.31. The highest BCUT2D eigenvalue weighted by Gasteiger charge is 2.20. The molecule has 0 aliphatic carbocycles. The summed E-state index contributed by atoms with van der Waals surface area (Å²) in [6.45, 7) is 1.70. The molecule has 0 amide bonds. The number of anilines is 1. The van der Waals surface area contributed by atoms with E-state index in [1.165, 1.54) is 22.8 Å². The molecule has 0 aliphatic heterocycles. The van der Waals surface area contributed by atoms with Crippen LogP contribution in [-0.4, -0.2) is 14.5 Å². The number of nitrogens with zero attached hydrogens (tertiary/aromatic N) is 3. The molecule has 1 atom stereocenters. The van der Waals surface area contributed by atoms with Gasteiger partial charge in [-0.1, -0.05) is 18.2 Å². The van der Waals surface area contributed by atoms with Crippen molar-refractivity contribution in [3.8, 4) is 11.3 Å². The lowest BCUT2D eigenvalue weighted by Crippen LogP contribution is -2.14. The van der Waals surface area contributed by atoms with Gasteiger partial charge in [0.05, 0.1) is 29.0 Å². The van der Waals surface area contributed by atoms with Crippen molar-refractivity contribution in [3.05, 3.63) is 88.4 Å². The van der Waals surface area contributed by atoms with Crippen LogP contribution in [0, 0.1) is 5.82 Å². The predicted molar refractivity (Wildman–Crippen MR) is 114 cm³/mol. The number of halogens is 3. The summed E-state index contributed by atoms with van der Waals surface area (Å²) >= 11 is 0. The third-order valence-electron chi connectivity index (χ3n) is 5.16. The molecule has 158 valence electrons. The van der Waals surface area contributed by atoms with Crippen molar-refractivity contribution in [2.24, 2.45) is 7.05 Å². The Bertz CT molecular complexity index is 1320. The Kier molecular flexibility index (Phi) is 5.46. The summed E-state index contributed by atoms with van der Waals surface area (Å²) in [5.74, 6) is -0.918. The van der Waals surface area contributed by atoms with Crippen molar-refractivity contribution in [3.63, 3.8) is 0 Å². The zero-order chi connectivity index (χ0) is 22.1. The third kappa shape index (κ3) is 4.01. The van der Waals surface area contributed by atoms with Gasteiger partial charge >= 0.3 is 0 Å². The lowest BCUT2D eigenvalue weighted by molar-refractivity contribution is 0.146. The Morgan fingerprint density at radius 2 is 1.84 bits per heavy atom. The van der Waals surface area contributed by atoms with Crippen LogP contribution in [0.5, 0.6) is 0 Å². The van der Waals surface area contributed by atoms with E-state index >= 15 is 0 Å². The van der Waals surface area contributed by atoms with Crippen LogP contribution in [0.25, 0.3) is 22.2 Å². The first-order chi connectivity index (χ1) is 14.8. The van der Waals surface area contributed by atoms with Crippen molar-refractivity contribution in [2.45, 2.75) is 19.4 Å². The molecule has 0 spiro atoms. The smallest absolute Gasteiger partial charge is 0.266 e. The highest BCUT2D eigenvalue weighted by atomic mass is 19.3. The summed E-state index contributed by atoms with van der Waals surface area (Å²) < 4.78 is 42.2. The minimum absolute atomic E-state index is 0.142. The van der Waals surface area contributed by atoms with Crippen LogP contribution in [0.15, 0.2) is 65.8 Å². The first kappa shape index (κ1) is 20.6. The first-order valence-corrected chi connectivity index (χ1v) is 9.60. The number of nitrogens with one attached hydrogen (secondary N) is 1. The van der Waals surface area contributed by atoms with E-state index in [1.807, 2.05) is 0 Å². The Hall–Kier alpha value is -3.68. The number of fused-ring (bicyclic) bond motifs is 1. The number of alkyl halides is 2. The van der Waals surface area contributed by atoms with E-state index in [4.69, 9.17) is 0 Å². The predicted octanol–water partition coefficient (Wildman–Crippen LogP) is 5.25. The fourth-order valence-corrected chi connectivity index (χ4v) is 3.42. The number of hydrogen-bond acceptors (Lipinski definition) is 4. The Morgan fingerprint density at radius 1 is 1.06 bits per heavy atom. The van der Waals surface area contributed by atoms with Gasteiger partial charge in [0.25, 0.3) is 12.0 Å². The van der Waals surface area contributed by atoms with Gasteiger partial charge in [-0.25, -0.2) is 13.2 Å². The fourth-order valence-electron chi connectivity index (χ4n) is 3.42. The molecule has 0 saturated heterocycles. The number of hydrogen-bond donors (Lipinski definition) is 1. The summed E-state index contributed by atoms with van der Waals surface area (Å²) in [5.41, 5.74) is 1.85. The first-order valence-electron chi connectivity index (χ1n) is 9.60. The van der Waals surface area contributed by atoms with Gasteiger partial charge in [0.15, 0.2) is 0 Å². The number of pyridine rings is 3. The fraction of sp³-hybridized carbons (Fsp3) is 0.174. The van der Waals surface area contributed by atoms with Gasteiger partial charge in [-0.15, -0.1) is 0 Å². The number of rotatable bonds is 5. The quantitative estimate of drug-likeness (QED) is 0.476.